The molecule has 0 aromatic carbocycles. The molecule has 0 aliphatic heterocycles. The third kappa shape index (κ3) is 3.05. The van der Waals surface area contributed by atoms with Crippen molar-refractivity contribution >= 4 is 5.97 Å². The van der Waals surface area contributed by atoms with Gasteiger partial charge in [0.15, 0.2) is 11.4 Å². The van der Waals surface area contributed by atoms with Crippen molar-refractivity contribution in [1.29, 1.82) is 0 Å². The summed E-state index contributed by atoms with van der Waals surface area (Å²) in [6, 6.07) is 2.45. The molecule has 0 amide bonds. The van der Waals surface area contributed by atoms with Crippen molar-refractivity contribution in [2.45, 2.75) is 26.4 Å². The van der Waals surface area contributed by atoms with Gasteiger partial charge in [-0.05, 0) is 20.8 Å². The van der Waals surface area contributed by atoms with E-state index in [1.54, 1.807) is 20.8 Å². The molecule has 75 valence electrons. The zero-order chi connectivity index (χ0) is 10.8. The minimum Gasteiger partial charge on any atom is -0.455 e. The van der Waals surface area contributed by atoms with E-state index in [4.69, 9.17) is 4.74 Å². The number of ether oxygens (including phenoxy) is 1. The van der Waals surface area contributed by atoms with Gasteiger partial charge in [0, 0.05) is 18.3 Å². The molecule has 0 bridgehead atoms. The van der Waals surface area contributed by atoms with Crippen molar-refractivity contribution in [1.82, 2.24) is 4.98 Å². The number of carbonyl (C=O) groups is 1. The molecule has 14 heavy (non-hydrogen) atoms. The van der Waals surface area contributed by atoms with Gasteiger partial charge in [-0.2, -0.15) is 0 Å². The Bertz CT molecular complexity index is 341. The Hall–Kier alpha value is -1.58. The van der Waals surface area contributed by atoms with Gasteiger partial charge in [0.05, 0.1) is 0 Å². The molecule has 1 rings (SSSR count). The number of carbonyl (C=O) groups excluding carboxylic acids is 1. The van der Waals surface area contributed by atoms with E-state index in [0.29, 0.717) is 0 Å². The molecule has 0 atom stereocenters. The summed E-state index contributed by atoms with van der Waals surface area (Å²) in [7, 11) is 0. The van der Waals surface area contributed by atoms with Gasteiger partial charge in [0.25, 0.3) is 0 Å². The molecule has 1 aromatic heterocycles. The lowest BCUT2D eigenvalue weighted by Crippen LogP contribution is -2.24. The first-order valence-electron chi connectivity index (χ1n) is 4.25. The predicted octanol–water partition coefficient (Wildman–Crippen LogP) is 2.18. The van der Waals surface area contributed by atoms with Gasteiger partial charge in [-0.3, -0.25) is 5.11 Å². The van der Waals surface area contributed by atoms with E-state index in [-0.39, 0.29) is 11.4 Å². The van der Waals surface area contributed by atoms with Crippen molar-refractivity contribution in [3.05, 3.63) is 24.0 Å². The summed E-state index contributed by atoms with van der Waals surface area (Å²) >= 11 is 0. The van der Waals surface area contributed by atoms with E-state index in [9.17, 15) is 9.90 Å². The molecule has 4 nitrogen and oxygen atoms in total. The molecule has 1 aromatic rings. The Kier molecular flexibility index (Phi) is 2.74. The molecule has 0 aliphatic carbocycles. The fourth-order valence-corrected chi connectivity index (χ4v) is 0.853. The third-order valence-electron chi connectivity index (χ3n) is 1.34. The van der Waals surface area contributed by atoms with E-state index in [1.807, 2.05) is 0 Å². The first-order chi connectivity index (χ1) is 6.38. The molecule has 0 N–H and O–H groups in total. The summed E-state index contributed by atoms with van der Waals surface area (Å²) in [6.45, 7) is 5.27. The molecule has 0 fully saturated rings. The maximum atomic E-state index is 11.4. The molecule has 0 saturated carbocycles. The van der Waals surface area contributed by atoms with Crippen LogP contribution in [0.5, 0.6) is 5.75 Å². The molecular weight excluding hydrogens is 182 g/mol. The zero-order valence-electron chi connectivity index (χ0n) is 8.40. The molecule has 0 saturated heterocycles. The monoisotopic (exact) mass is 194 g/mol. The summed E-state index contributed by atoms with van der Waals surface area (Å²) in [6.07, 6.45) is 1.29. The SMILES string of the molecule is CC(C)(C)OC(=O)c1cc([O])ccn1. The Morgan fingerprint density at radius 3 is 2.57 bits per heavy atom. The second-order valence-corrected chi connectivity index (χ2v) is 3.88. The highest BCUT2D eigenvalue weighted by atomic mass is 16.6. The lowest BCUT2D eigenvalue weighted by molar-refractivity contribution is 0.00622. The smallest absolute Gasteiger partial charge is 0.357 e. The van der Waals surface area contributed by atoms with Crippen molar-refractivity contribution < 1.29 is 14.6 Å². The van der Waals surface area contributed by atoms with Crippen LogP contribution in [0.3, 0.4) is 0 Å². The molecule has 0 unspecified atom stereocenters. The van der Waals surface area contributed by atoms with E-state index in [1.165, 1.54) is 12.3 Å². The Labute approximate surface area is 82.5 Å². The Morgan fingerprint density at radius 1 is 1.43 bits per heavy atom. The summed E-state index contributed by atoms with van der Waals surface area (Å²) < 4.78 is 5.04. The summed E-state index contributed by atoms with van der Waals surface area (Å²) in [5.41, 5.74) is -0.523. The standard InChI is InChI=1S/C10H12NO3/c1-10(2,3)14-9(13)8-6-7(12)4-5-11-8/h4-6H,1-3H3. The average Bonchev–Trinajstić information content (AvgIpc) is 2.01. The lowest BCUT2D eigenvalue weighted by Gasteiger charge is -2.18. The van der Waals surface area contributed by atoms with E-state index < -0.39 is 11.6 Å². The third-order valence-corrected chi connectivity index (χ3v) is 1.34. The van der Waals surface area contributed by atoms with E-state index in [0.717, 1.165) is 6.07 Å². The number of hydrogen-bond donors (Lipinski definition) is 0. The molecular formula is C10H12NO3. The van der Waals surface area contributed by atoms with Gasteiger partial charge < -0.3 is 4.74 Å². The largest absolute Gasteiger partial charge is 0.455 e. The first-order valence-corrected chi connectivity index (χ1v) is 4.25. The molecule has 0 aliphatic rings. The van der Waals surface area contributed by atoms with Crippen molar-refractivity contribution in [3.63, 3.8) is 0 Å². The van der Waals surface area contributed by atoms with Crippen molar-refractivity contribution in [2.24, 2.45) is 0 Å². The number of hydrogen-bond acceptors (Lipinski definition) is 3. The highest BCUT2D eigenvalue weighted by Crippen LogP contribution is 2.14. The number of nitrogens with zero attached hydrogens (tertiary/aromatic N) is 1. The predicted molar refractivity (Wildman–Crippen MR) is 49.5 cm³/mol. The highest BCUT2D eigenvalue weighted by molar-refractivity contribution is 5.87. The second kappa shape index (κ2) is 3.65. The van der Waals surface area contributed by atoms with Gasteiger partial charge in [-0.15, -0.1) is 0 Å². The minimum atomic E-state index is -0.574. The highest BCUT2D eigenvalue weighted by Gasteiger charge is 2.18. The van der Waals surface area contributed by atoms with Gasteiger partial charge >= 0.3 is 5.97 Å². The second-order valence-electron chi connectivity index (χ2n) is 3.88. The quantitative estimate of drug-likeness (QED) is 0.644. The molecule has 1 radical (unpaired) electrons. The van der Waals surface area contributed by atoms with Crippen LogP contribution in [0.1, 0.15) is 31.3 Å². The molecule has 4 heteroatoms. The molecule has 1 heterocycles. The summed E-state index contributed by atoms with van der Waals surface area (Å²) in [4.78, 5) is 15.1. The topological polar surface area (TPSA) is 59.1 Å². The normalized spacial score (nSPS) is 11.1. The fraction of sp³-hybridized carbons (Fsp3) is 0.400. The first kappa shape index (κ1) is 10.5. The average molecular weight is 194 g/mol. The van der Waals surface area contributed by atoms with Crippen LogP contribution < -0.4 is 0 Å². The van der Waals surface area contributed by atoms with Crippen molar-refractivity contribution in [3.8, 4) is 5.75 Å². The van der Waals surface area contributed by atoms with Crippen LogP contribution in [0.2, 0.25) is 0 Å². The number of aromatic nitrogens is 1. The summed E-state index contributed by atoms with van der Waals surface area (Å²) in [5.74, 6) is -0.823. The Balaban J connectivity index is 2.80. The zero-order valence-corrected chi connectivity index (χ0v) is 8.40. The fourth-order valence-electron chi connectivity index (χ4n) is 0.853. The van der Waals surface area contributed by atoms with Crippen LogP contribution in [0, 0.1) is 0 Å². The van der Waals surface area contributed by atoms with Crippen LogP contribution in [0.15, 0.2) is 18.3 Å². The molecule has 0 spiro atoms. The van der Waals surface area contributed by atoms with Gasteiger partial charge in [-0.25, -0.2) is 9.78 Å². The van der Waals surface area contributed by atoms with Crippen LogP contribution in [0.4, 0.5) is 0 Å². The van der Waals surface area contributed by atoms with Gasteiger partial charge in [0.2, 0.25) is 0 Å². The lowest BCUT2D eigenvalue weighted by atomic mass is 10.2. The van der Waals surface area contributed by atoms with Gasteiger partial charge in [0.1, 0.15) is 5.60 Å². The van der Waals surface area contributed by atoms with Gasteiger partial charge in [-0.1, -0.05) is 0 Å². The minimum absolute atomic E-state index is 0.0485. The van der Waals surface area contributed by atoms with Crippen LogP contribution in [0.25, 0.3) is 0 Å². The van der Waals surface area contributed by atoms with E-state index in [2.05, 4.69) is 4.98 Å². The van der Waals surface area contributed by atoms with Crippen molar-refractivity contribution in [2.75, 3.05) is 0 Å². The van der Waals surface area contributed by atoms with E-state index >= 15 is 0 Å². The maximum Gasteiger partial charge on any atom is 0.357 e. The number of rotatable bonds is 1. The van der Waals surface area contributed by atoms with Crippen LogP contribution >= 0.6 is 0 Å². The number of pyridine rings is 1. The Morgan fingerprint density at radius 2 is 2.07 bits per heavy atom. The summed E-state index contributed by atoms with van der Waals surface area (Å²) in [5, 5.41) is 10.9. The maximum absolute atomic E-state index is 11.4. The van der Waals surface area contributed by atoms with Crippen LogP contribution in [-0.2, 0) is 9.84 Å². The van der Waals surface area contributed by atoms with Crippen LogP contribution in [-0.4, -0.2) is 16.6 Å². The number of esters is 1.